The molecule has 0 atom stereocenters. The van der Waals surface area contributed by atoms with Crippen molar-refractivity contribution in [2.75, 3.05) is 0 Å². The Bertz CT molecular complexity index is 209. The van der Waals surface area contributed by atoms with Crippen molar-refractivity contribution in [2.24, 2.45) is 0 Å². The van der Waals surface area contributed by atoms with E-state index in [-0.39, 0.29) is 22.9 Å². The fourth-order valence-corrected chi connectivity index (χ4v) is 0.302. The van der Waals surface area contributed by atoms with E-state index in [1.165, 1.54) is 13.0 Å². The first-order chi connectivity index (χ1) is 6.77. The molecule has 0 aliphatic heterocycles. The third-order valence-corrected chi connectivity index (χ3v) is 0.634. The monoisotopic (exact) mass is 250 g/mol. The predicted molar refractivity (Wildman–Crippen MR) is 46.4 cm³/mol. The number of ketones is 1. The number of hydrogen-bond acceptors (Lipinski definition) is 1. The van der Waals surface area contributed by atoms with Crippen LogP contribution in [0.4, 0.5) is 0 Å². The Morgan fingerprint density at radius 1 is 1.00 bits per heavy atom. The van der Waals surface area contributed by atoms with E-state index in [1.54, 1.807) is 6.08 Å². The zero-order chi connectivity index (χ0) is 12.4. The van der Waals surface area contributed by atoms with Crippen molar-refractivity contribution in [1.82, 2.24) is 0 Å². The summed E-state index contributed by atoms with van der Waals surface area (Å²) in [6.07, 6.45) is 6.95. The van der Waals surface area contributed by atoms with Crippen molar-refractivity contribution in [3.8, 4) is 0 Å². The Morgan fingerprint density at radius 2 is 1.33 bits per heavy atom. The van der Waals surface area contributed by atoms with E-state index in [0.29, 0.717) is 0 Å². The number of carbonyl (C=O) groups is 1. The topological polar surface area (TPSA) is 76.8 Å². The molecule has 0 aliphatic carbocycles. The van der Waals surface area contributed by atoms with Crippen LogP contribution in [0.3, 0.4) is 0 Å². The minimum atomic E-state index is 0. The van der Waals surface area contributed by atoms with Gasteiger partial charge < -0.3 is 0 Å². The second kappa shape index (κ2) is 52.5. The van der Waals surface area contributed by atoms with Crippen molar-refractivity contribution in [1.29, 1.82) is 0 Å². The standard InChI is InChI=1S/C7H10O.3CO.Fe/c1-3-4-5-6-7(2)8;3*1-2;/h3-6H,1-2H3;;;;/b4-3-,6-5?;;;;. The average molecular weight is 250 g/mol. The van der Waals surface area contributed by atoms with E-state index in [0.717, 1.165) is 0 Å². The van der Waals surface area contributed by atoms with Gasteiger partial charge in [-0.05, 0) is 19.9 Å². The average Bonchev–Trinajstić information content (AvgIpc) is 2.27. The van der Waals surface area contributed by atoms with Crippen LogP contribution in [-0.4, -0.2) is 5.78 Å². The Hall–Kier alpha value is -1.11. The van der Waals surface area contributed by atoms with Gasteiger partial charge in [0, 0.05) is 17.1 Å². The number of allylic oxidation sites excluding steroid dienone is 4. The maximum Gasteiger partial charge on any atom is 0 e. The van der Waals surface area contributed by atoms with Crippen molar-refractivity contribution < 1.29 is 35.8 Å². The van der Waals surface area contributed by atoms with Gasteiger partial charge in [-0.25, -0.2) is 0 Å². The van der Waals surface area contributed by atoms with Gasteiger partial charge in [0.25, 0.3) is 0 Å². The van der Waals surface area contributed by atoms with Gasteiger partial charge >= 0.3 is 33.9 Å². The number of carbonyl (C=O) groups excluding carboxylic acids is 1. The van der Waals surface area contributed by atoms with E-state index in [2.05, 4.69) is 20.0 Å². The zero-order valence-corrected chi connectivity index (χ0v) is 9.40. The molecule has 0 aromatic rings. The molecule has 0 amide bonds. The third kappa shape index (κ3) is 101. The number of hydrogen-bond donors (Lipinski definition) is 0. The molecule has 5 heteroatoms. The molecular weight excluding hydrogens is 240 g/mol. The molecule has 0 fully saturated rings. The summed E-state index contributed by atoms with van der Waals surface area (Å²) in [5, 5.41) is 0. The molecule has 0 aromatic heterocycles. The first kappa shape index (κ1) is 29.2. The quantitative estimate of drug-likeness (QED) is 0.241. The van der Waals surface area contributed by atoms with Crippen LogP contribution in [0, 0.1) is 20.0 Å². The zero-order valence-electron chi connectivity index (χ0n) is 8.30. The normalized spacial score (nSPS) is 6.40. The van der Waals surface area contributed by atoms with Gasteiger partial charge in [-0.2, -0.15) is 0 Å². The molecule has 0 aromatic carbocycles. The summed E-state index contributed by atoms with van der Waals surface area (Å²) in [5.74, 6) is 0.0862. The Balaban J connectivity index is -0.0000000410. The summed E-state index contributed by atoms with van der Waals surface area (Å²) in [6.45, 7) is 16.9. The van der Waals surface area contributed by atoms with E-state index in [4.69, 9.17) is 14.0 Å². The molecular formula is C10H10FeO4. The van der Waals surface area contributed by atoms with Crippen LogP contribution in [0.1, 0.15) is 13.8 Å². The van der Waals surface area contributed by atoms with E-state index in [9.17, 15) is 4.79 Å². The van der Waals surface area contributed by atoms with Crippen LogP contribution in [0.15, 0.2) is 24.3 Å². The molecule has 0 unspecified atom stereocenters. The number of rotatable bonds is 2. The van der Waals surface area contributed by atoms with Crippen LogP contribution in [0.5, 0.6) is 0 Å². The van der Waals surface area contributed by atoms with Crippen LogP contribution >= 0.6 is 0 Å². The van der Waals surface area contributed by atoms with Crippen molar-refractivity contribution in [3.63, 3.8) is 0 Å². The Morgan fingerprint density at radius 3 is 1.53 bits per heavy atom. The van der Waals surface area contributed by atoms with Crippen molar-refractivity contribution in [2.45, 2.75) is 13.8 Å². The molecule has 0 N–H and O–H groups in total. The largest absolute Gasteiger partial charge is 0 e. The Kier molecular flexibility index (Phi) is 102. The minimum Gasteiger partial charge on any atom is 0 e. The maximum absolute atomic E-state index is 10.2. The van der Waals surface area contributed by atoms with Crippen molar-refractivity contribution >= 4 is 5.78 Å². The molecule has 15 heavy (non-hydrogen) atoms. The fraction of sp³-hybridized carbons (Fsp3) is 0.200. The predicted octanol–water partition coefficient (Wildman–Crippen LogP) is 1.59. The fourth-order valence-electron chi connectivity index (χ4n) is 0.302. The SMILES string of the molecule is C/C=C\C=CC(C)=O.[C-]#[O+].[C-]#[O+].[C-]#[O+].[Fe]. The van der Waals surface area contributed by atoms with E-state index < -0.39 is 0 Å². The summed E-state index contributed by atoms with van der Waals surface area (Å²) in [7, 11) is 0. The summed E-state index contributed by atoms with van der Waals surface area (Å²) >= 11 is 0. The molecule has 0 saturated carbocycles. The van der Waals surface area contributed by atoms with Gasteiger partial charge in [0.2, 0.25) is 0 Å². The second-order valence-electron chi connectivity index (χ2n) is 1.50. The summed E-state index contributed by atoms with van der Waals surface area (Å²) in [6, 6.07) is 0. The van der Waals surface area contributed by atoms with Gasteiger partial charge in [0.05, 0.1) is 0 Å². The first-order valence-corrected chi connectivity index (χ1v) is 3.18. The minimum absolute atomic E-state index is 0. The van der Waals surface area contributed by atoms with Crippen molar-refractivity contribution in [3.05, 3.63) is 44.3 Å². The molecule has 0 radical (unpaired) electrons. The molecule has 0 bridgehead atoms. The van der Waals surface area contributed by atoms with Gasteiger partial charge in [-0.15, -0.1) is 0 Å². The van der Waals surface area contributed by atoms with Crippen LogP contribution in [0.2, 0.25) is 0 Å². The molecule has 82 valence electrons. The Labute approximate surface area is 100 Å². The van der Waals surface area contributed by atoms with Crippen LogP contribution in [0.25, 0.3) is 0 Å². The van der Waals surface area contributed by atoms with Gasteiger partial charge in [0.15, 0.2) is 5.78 Å². The molecule has 0 spiro atoms. The molecule has 4 nitrogen and oxygen atoms in total. The molecule has 0 aliphatic rings. The van der Waals surface area contributed by atoms with Crippen LogP contribution in [-0.2, 0) is 35.8 Å². The van der Waals surface area contributed by atoms with E-state index in [1.807, 2.05) is 19.1 Å². The first-order valence-electron chi connectivity index (χ1n) is 3.18. The summed E-state index contributed by atoms with van der Waals surface area (Å²) in [4.78, 5) is 10.2. The summed E-state index contributed by atoms with van der Waals surface area (Å²) < 4.78 is 22.5. The summed E-state index contributed by atoms with van der Waals surface area (Å²) in [5.41, 5.74) is 0. The van der Waals surface area contributed by atoms with Gasteiger partial charge in [0.1, 0.15) is 0 Å². The molecule has 0 rings (SSSR count). The smallest absolute Gasteiger partial charge is 0 e. The molecule has 0 saturated heterocycles. The van der Waals surface area contributed by atoms with Gasteiger partial charge in [-0.3, -0.25) is 4.79 Å². The van der Waals surface area contributed by atoms with E-state index >= 15 is 0 Å². The maximum atomic E-state index is 10.2. The second-order valence-corrected chi connectivity index (χ2v) is 1.50. The van der Waals surface area contributed by atoms with Gasteiger partial charge in [-0.1, -0.05) is 18.2 Å². The molecule has 0 heterocycles. The third-order valence-electron chi connectivity index (χ3n) is 0.634. The van der Waals surface area contributed by atoms with Crippen LogP contribution < -0.4 is 0 Å².